The maximum Gasteiger partial charge on any atom is 0.115 e. The first-order valence-electron chi connectivity index (χ1n) is 9.03. The second-order valence-electron chi connectivity index (χ2n) is 7.04. The van der Waals surface area contributed by atoms with E-state index in [1.165, 1.54) is 5.56 Å². The number of nitrogens with two attached hydrogens (primary N) is 1. The lowest BCUT2D eigenvalue weighted by Crippen LogP contribution is -2.40. The molecule has 0 saturated carbocycles. The van der Waals surface area contributed by atoms with E-state index in [0.717, 1.165) is 24.9 Å². The van der Waals surface area contributed by atoms with E-state index in [0.29, 0.717) is 17.7 Å². The summed E-state index contributed by atoms with van der Waals surface area (Å²) in [7, 11) is 0. The topological polar surface area (TPSA) is 58.3 Å². The van der Waals surface area contributed by atoms with Gasteiger partial charge >= 0.3 is 0 Å². The molecule has 0 aliphatic rings. The van der Waals surface area contributed by atoms with Gasteiger partial charge in [0.25, 0.3) is 0 Å². The molecule has 0 saturated heterocycles. The smallest absolute Gasteiger partial charge is 0.115 e. The summed E-state index contributed by atoms with van der Waals surface area (Å²) in [6.07, 6.45) is 6.29. The van der Waals surface area contributed by atoms with E-state index in [2.05, 4.69) is 55.6 Å². The van der Waals surface area contributed by atoms with Gasteiger partial charge in [-0.1, -0.05) is 68.5 Å². The minimum absolute atomic E-state index is 0.0457. The van der Waals surface area contributed by atoms with Crippen LogP contribution >= 0.6 is 0 Å². The fourth-order valence-corrected chi connectivity index (χ4v) is 2.84. The summed E-state index contributed by atoms with van der Waals surface area (Å²) in [6, 6.07) is 18.0. The third kappa shape index (κ3) is 7.55. The average molecular weight is 338 g/mol. The Morgan fingerprint density at radius 2 is 1.72 bits per heavy atom. The van der Waals surface area contributed by atoms with Gasteiger partial charge in [-0.2, -0.15) is 0 Å². The van der Waals surface area contributed by atoms with Gasteiger partial charge < -0.3 is 16.2 Å². The molecule has 0 spiro atoms. The van der Waals surface area contributed by atoms with Crippen molar-refractivity contribution in [3.05, 3.63) is 71.8 Å². The Morgan fingerprint density at radius 3 is 2.36 bits per heavy atom. The van der Waals surface area contributed by atoms with Crippen molar-refractivity contribution in [3.8, 4) is 5.75 Å². The lowest BCUT2D eigenvalue weighted by Gasteiger charge is -2.20. The van der Waals surface area contributed by atoms with Crippen LogP contribution in [0.5, 0.6) is 5.75 Å². The minimum Gasteiger partial charge on any atom is -0.508 e. The largest absolute Gasteiger partial charge is 0.508 e. The molecule has 0 unspecified atom stereocenters. The van der Waals surface area contributed by atoms with E-state index in [-0.39, 0.29) is 6.04 Å². The first-order valence-corrected chi connectivity index (χ1v) is 9.03. The Labute approximate surface area is 151 Å². The molecule has 3 nitrogen and oxygen atoms in total. The number of phenols is 1. The van der Waals surface area contributed by atoms with Crippen molar-refractivity contribution in [2.24, 2.45) is 11.7 Å². The summed E-state index contributed by atoms with van der Waals surface area (Å²) in [5, 5.41) is 12.9. The zero-order valence-corrected chi connectivity index (χ0v) is 15.2. The molecular weight excluding hydrogens is 308 g/mol. The number of benzene rings is 2. The molecule has 0 aliphatic heterocycles. The highest BCUT2D eigenvalue weighted by Gasteiger charge is 2.10. The predicted molar refractivity (Wildman–Crippen MR) is 107 cm³/mol. The highest BCUT2D eigenvalue weighted by atomic mass is 16.3. The highest BCUT2D eigenvalue weighted by molar-refractivity contribution is 5.49. The van der Waals surface area contributed by atoms with Crippen LogP contribution in [0.15, 0.2) is 60.7 Å². The monoisotopic (exact) mass is 338 g/mol. The molecule has 0 aliphatic carbocycles. The highest BCUT2D eigenvalue weighted by Crippen LogP contribution is 2.12. The van der Waals surface area contributed by atoms with Crippen molar-refractivity contribution in [1.82, 2.24) is 5.32 Å². The van der Waals surface area contributed by atoms with Gasteiger partial charge in [0, 0.05) is 18.6 Å². The molecule has 4 N–H and O–H groups in total. The van der Waals surface area contributed by atoms with Crippen LogP contribution in [-0.2, 0) is 6.42 Å². The van der Waals surface area contributed by atoms with Gasteiger partial charge in [0.05, 0.1) is 0 Å². The average Bonchev–Trinajstić information content (AvgIpc) is 2.60. The zero-order chi connectivity index (χ0) is 18.1. The molecular formula is C22H30N2O. The van der Waals surface area contributed by atoms with E-state index in [1.807, 2.05) is 18.2 Å². The van der Waals surface area contributed by atoms with Crippen LogP contribution in [0.2, 0.25) is 0 Å². The molecule has 0 amide bonds. The second kappa shape index (κ2) is 10.0. The third-order valence-corrected chi connectivity index (χ3v) is 4.12. The molecule has 2 atom stereocenters. The Bertz CT molecular complexity index is 635. The fourth-order valence-electron chi connectivity index (χ4n) is 2.84. The predicted octanol–water partition coefficient (Wildman–Crippen LogP) is 3.98. The maximum atomic E-state index is 9.35. The van der Waals surface area contributed by atoms with Crippen LogP contribution < -0.4 is 11.1 Å². The number of hydrogen-bond donors (Lipinski definition) is 3. The Hall–Kier alpha value is -2.10. The number of aromatic hydroxyl groups is 1. The SMILES string of the molecule is CC(C)C[C@@H](/C=C/c1ccccc1)NC[C@H](N)Cc1ccc(O)cc1. The molecule has 0 aromatic heterocycles. The standard InChI is InChI=1S/C22H30N2O/c1-17(2)14-21(11-8-18-6-4-3-5-7-18)24-16-20(23)15-19-9-12-22(25)13-10-19/h3-13,17,20-21,24-25H,14-16,23H2,1-2H3/b11-8+/t20-,21-/m1/s1. The summed E-state index contributed by atoms with van der Waals surface area (Å²) in [5.74, 6) is 0.907. The van der Waals surface area contributed by atoms with E-state index in [4.69, 9.17) is 5.73 Å². The molecule has 25 heavy (non-hydrogen) atoms. The maximum absolute atomic E-state index is 9.35. The van der Waals surface area contributed by atoms with Crippen molar-refractivity contribution in [3.63, 3.8) is 0 Å². The summed E-state index contributed by atoms with van der Waals surface area (Å²) < 4.78 is 0. The Balaban J connectivity index is 1.88. The van der Waals surface area contributed by atoms with Crippen LogP contribution in [0.4, 0.5) is 0 Å². The number of phenolic OH excluding ortho intramolecular Hbond substituents is 1. The van der Waals surface area contributed by atoms with Crippen LogP contribution in [-0.4, -0.2) is 23.7 Å². The molecule has 2 aromatic rings. The second-order valence-corrected chi connectivity index (χ2v) is 7.04. The molecule has 0 heterocycles. The molecule has 2 rings (SSSR count). The van der Waals surface area contributed by atoms with Crippen molar-refractivity contribution in [2.45, 2.75) is 38.8 Å². The van der Waals surface area contributed by atoms with Crippen LogP contribution in [0, 0.1) is 5.92 Å². The van der Waals surface area contributed by atoms with Crippen molar-refractivity contribution in [1.29, 1.82) is 0 Å². The lowest BCUT2D eigenvalue weighted by molar-refractivity contribution is 0.453. The summed E-state index contributed by atoms with van der Waals surface area (Å²) >= 11 is 0. The molecule has 0 radical (unpaired) electrons. The summed E-state index contributed by atoms with van der Waals surface area (Å²) in [4.78, 5) is 0. The quantitative estimate of drug-likeness (QED) is 0.648. The number of nitrogens with one attached hydrogen (secondary N) is 1. The fraction of sp³-hybridized carbons (Fsp3) is 0.364. The van der Waals surface area contributed by atoms with Gasteiger partial charge in [0.1, 0.15) is 5.75 Å². The van der Waals surface area contributed by atoms with Gasteiger partial charge in [-0.05, 0) is 42.0 Å². The first-order chi connectivity index (χ1) is 12.0. The summed E-state index contributed by atoms with van der Waals surface area (Å²) in [5.41, 5.74) is 8.64. The van der Waals surface area contributed by atoms with E-state index < -0.39 is 0 Å². The molecule has 0 fully saturated rings. The summed E-state index contributed by atoms with van der Waals surface area (Å²) in [6.45, 7) is 5.24. The van der Waals surface area contributed by atoms with Gasteiger partial charge in [0.15, 0.2) is 0 Å². The number of hydrogen-bond acceptors (Lipinski definition) is 3. The normalized spacial score (nSPS) is 14.1. The van der Waals surface area contributed by atoms with Gasteiger partial charge in [-0.15, -0.1) is 0 Å². The van der Waals surface area contributed by atoms with Crippen LogP contribution in [0.3, 0.4) is 0 Å². The molecule has 3 heteroatoms. The first kappa shape index (κ1) is 19.2. The van der Waals surface area contributed by atoms with Gasteiger partial charge in [0.2, 0.25) is 0 Å². The lowest BCUT2D eigenvalue weighted by atomic mass is 10.0. The van der Waals surface area contributed by atoms with E-state index >= 15 is 0 Å². The van der Waals surface area contributed by atoms with E-state index in [9.17, 15) is 5.11 Å². The van der Waals surface area contributed by atoms with Crippen molar-refractivity contribution < 1.29 is 5.11 Å². The zero-order valence-electron chi connectivity index (χ0n) is 15.2. The Kier molecular flexibility index (Phi) is 7.71. The van der Waals surface area contributed by atoms with Crippen LogP contribution in [0.1, 0.15) is 31.4 Å². The van der Waals surface area contributed by atoms with Crippen molar-refractivity contribution >= 4 is 6.08 Å². The molecule has 134 valence electrons. The van der Waals surface area contributed by atoms with Crippen LogP contribution in [0.25, 0.3) is 6.08 Å². The third-order valence-electron chi connectivity index (χ3n) is 4.12. The molecule has 2 aromatic carbocycles. The molecule has 0 bridgehead atoms. The van der Waals surface area contributed by atoms with E-state index in [1.54, 1.807) is 12.1 Å². The minimum atomic E-state index is 0.0457. The Morgan fingerprint density at radius 1 is 1.04 bits per heavy atom. The number of rotatable bonds is 9. The van der Waals surface area contributed by atoms with Crippen molar-refractivity contribution in [2.75, 3.05) is 6.54 Å². The van der Waals surface area contributed by atoms with Gasteiger partial charge in [-0.25, -0.2) is 0 Å². The van der Waals surface area contributed by atoms with Gasteiger partial charge in [-0.3, -0.25) is 0 Å².